The van der Waals surface area contributed by atoms with E-state index in [0.717, 1.165) is 45.3 Å². The summed E-state index contributed by atoms with van der Waals surface area (Å²) in [5.74, 6) is 1.52. The van der Waals surface area contributed by atoms with Crippen LogP contribution in [0.25, 0.3) is 0 Å². The van der Waals surface area contributed by atoms with E-state index in [-0.39, 0.29) is 5.60 Å². The van der Waals surface area contributed by atoms with Gasteiger partial charge in [0.25, 0.3) is 0 Å². The molecule has 4 fully saturated rings. The monoisotopic (exact) mass is 250 g/mol. The van der Waals surface area contributed by atoms with Gasteiger partial charge in [-0.3, -0.25) is 4.79 Å². The fraction of sp³-hybridized carbons (Fsp3) is 0.933. The maximum absolute atomic E-state index is 12.8. The molecule has 18 heavy (non-hydrogen) atoms. The van der Waals surface area contributed by atoms with Gasteiger partial charge in [-0.1, -0.05) is 0 Å². The van der Waals surface area contributed by atoms with Crippen molar-refractivity contribution in [2.45, 2.75) is 62.6 Å². The van der Waals surface area contributed by atoms with Crippen LogP contribution < -0.4 is 0 Å². The Morgan fingerprint density at radius 1 is 1.06 bits per heavy atom. The predicted molar refractivity (Wildman–Crippen MR) is 66.3 cm³/mol. The molecule has 2 heterocycles. The van der Waals surface area contributed by atoms with Gasteiger partial charge in [0.1, 0.15) is 5.60 Å². The Hall–Kier alpha value is -0.410. The van der Waals surface area contributed by atoms with Gasteiger partial charge in [0.05, 0.1) is 0 Å². The fourth-order valence-corrected chi connectivity index (χ4v) is 5.17. The lowest BCUT2D eigenvalue weighted by atomic mass is 9.68. The van der Waals surface area contributed by atoms with Crippen LogP contribution in [-0.2, 0) is 14.3 Å². The van der Waals surface area contributed by atoms with Crippen LogP contribution in [0.3, 0.4) is 0 Å². The highest BCUT2D eigenvalue weighted by Crippen LogP contribution is 2.57. The summed E-state index contributed by atoms with van der Waals surface area (Å²) in [6.45, 7) is 1.56. The zero-order valence-corrected chi connectivity index (χ0v) is 11.0. The maximum Gasteiger partial charge on any atom is 0.167 e. The van der Waals surface area contributed by atoms with Gasteiger partial charge in [0.2, 0.25) is 0 Å². The summed E-state index contributed by atoms with van der Waals surface area (Å²) in [7, 11) is 0. The van der Waals surface area contributed by atoms with E-state index in [9.17, 15) is 4.79 Å². The average Bonchev–Trinajstić information content (AvgIpc) is 3.08. The molecular formula is C15H22O3. The molecule has 0 aromatic heterocycles. The Kier molecular flexibility index (Phi) is 2.41. The summed E-state index contributed by atoms with van der Waals surface area (Å²) in [6, 6.07) is 0. The Labute approximate surface area is 108 Å². The van der Waals surface area contributed by atoms with E-state index in [1.165, 1.54) is 19.3 Å². The number of Topliss-reactive ketones (excluding diaryl/α,β-unsaturated/α-hetero) is 1. The quantitative estimate of drug-likeness (QED) is 0.662. The van der Waals surface area contributed by atoms with E-state index in [1.54, 1.807) is 0 Å². The first kappa shape index (κ1) is 11.4. The summed E-state index contributed by atoms with van der Waals surface area (Å²) in [5, 5.41) is 0. The van der Waals surface area contributed by atoms with Crippen LogP contribution >= 0.6 is 0 Å². The largest absolute Gasteiger partial charge is 0.371 e. The summed E-state index contributed by atoms with van der Waals surface area (Å²) in [6.07, 6.45) is 8.44. The normalized spacial score (nSPS) is 51.4. The Bertz CT molecular complexity index is 364. The maximum atomic E-state index is 12.8. The zero-order valence-electron chi connectivity index (χ0n) is 11.0. The number of carbonyl (C=O) groups excluding carboxylic acids is 1. The molecule has 2 bridgehead atoms. The molecule has 0 N–H and O–H groups in total. The van der Waals surface area contributed by atoms with Crippen LogP contribution in [-0.4, -0.2) is 30.2 Å². The third-order valence-electron chi connectivity index (χ3n) is 5.88. The van der Waals surface area contributed by atoms with Crippen molar-refractivity contribution in [2.24, 2.45) is 11.8 Å². The first-order valence-corrected chi connectivity index (χ1v) is 7.58. The molecule has 2 saturated carbocycles. The molecule has 0 aromatic carbocycles. The van der Waals surface area contributed by atoms with Crippen molar-refractivity contribution in [1.82, 2.24) is 0 Å². The number of ether oxygens (including phenoxy) is 2. The molecule has 4 unspecified atom stereocenters. The third-order valence-corrected chi connectivity index (χ3v) is 5.88. The van der Waals surface area contributed by atoms with Crippen molar-refractivity contribution in [3.8, 4) is 0 Å². The zero-order chi connectivity index (χ0) is 12.2. The van der Waals surface area contributed by atoms with Crippen LogP contribution in [0, 0.1) is 11.8 Å². The number of carbonyl (C=O) groups is 1. The Morgan fingerprint density at radius 3 is 2.61 bits per heavy atom. The van der Waals surface area contributed by atoms with E-state index in [4.69, 9.17) is 9.47 Å². The van der Waals surface area contributed by atoms with Crippen molar-refractivity contribution in [3.05, 3.63) is 0 Å². The van der Waals surface area contributed by atoms with Crippen LogP contribution in [0.1, 0.15) is 51.4 Å². The molecule has 0 aromatic rings. The van der Waals surface area contributed by atoms with Gasteiger partial charge < -0.3 is 9.47 Å². The predicted octanol–water partition coefficient (Wildman–Crippen LogP) is 2.47. The second kappa shape index (κ2) is 3.80. The van der Waals surface area contributed by atoms with Crippen molar-refractivity contribution in [2.75, 3.05) is 13.2 Å². The summed E-state index contributed by atoms with van der Waals surface area (Å²) >= 11 is 0. The van der Waals surface area contributed by atoms with Crippen LogP contribution in [0.5, 0.6) is 0 Å². The molecule has 2 aliphatic heterocycles. The van der Waals surface area contributed by atoms with Gasteiger partial charge >= 0.3 is 0 Å². The summed E-state index contributed by atoms with van der Waals surface area (Å²) in [5.41, 5.74) is -0.824. The fourth-order valence-electron chi connectivity index (χ4n) is 5.17. The lowest BCUT2D eigenvalue weighted by molar-refractivity contribution is -0.195. The molecule has 3 heteroatoms. The minimum atomic E-state index is -0.566. The van der Waals surface area contributed by atoms with Gasteiger partial charge in [-0.2, -0.15) is 0 Å². The van der Waals surface area contributed by atoms with E-state index in [2.05, 4.69) is 0 Å². The molecule has 2 spiro atoms. The van der Waals surface area contributed by atoms with Crippen LogP contribution in [0.15, 0.2) is 0 Å². The van der Waals surface area contributed by atoms with Gasteiger partial charge in [0, 0.05) is 19.6 Å². The van der Waals surface area contributed by atoms with E-state index in [1.807, 2.05) is 0 Å². The molecule has 2 saturated heterocycles. The SMILES string of the molecule is O=C1CC2CCC(C2)C2(CCCO2)C12CCCO2. The molecule has 100 valence electrons. The van der Waals surface area contributed by atoms with Crippen molar-refractivity contribution in [3.63, 3.8) is 0 Å². The van der Waals surface area contributed by atoms with E-state index in [0.29, 0.717) is 17.6 Å². The van der Waals surface area contributed by atoms with Crippen LogP contribution in [0.4, 0.5) is 0 Å². The molecule has 4 rings (SSSR count). The smallest absolute Gasteiger partial charge is 0.167 e. The van der Waals surface area contributed by atoms with E-state index < -0.39 is 5.60 Å². The van der Waals surface area contributed by atoms with Crippen molar-refractivity contribution in [1.29, 1.82) is 0 Å². The van der Waals surface area contributed by atoms with Crippen LogP contribution in [0.2, 0.25) is 0 Å². The Morgan fingerprint density at radius 2 is 1.89 bits per heavy atom. The molecule has 4 atom stereocenters. The van der Waals surface area contributed by atoms with Gasteiger partial charge in [-0.05, 0) is 56.8 Å². The molecule has 3 nitrogen and oxygen atoms in total. The van der Waals surface area contributed by atoms with Gasteiger partial charge in [-0.15, -0.1) is 0 Å². The number of rotatable bonds is 0. The highest BCUT2D eigenvalue weighted by atomic mass is 16.6. The lowest BCUT2D eigenvalue weighted by Crippen LogP contribution is -2.61. The average molecular weight is 250 g/mol. The highest BCUT2D eigenvalue weighted by molar-refractivity contribution is 5.90. The molecule has 0 amide bonds. The minimum Gasteiger partial charge on any atom is -0.371 e. The molecule has 4 aliphatic rings. The number of hydrogen-bond acceptors (Lipinski definition) is 3. The highest BCUT2D eigenvalue weighted by Gasteiger charge is 2.66. The lowest BCUT2D eigenvalue weighted by Gasteiger charge is -2.46. The van der Waals surface area contributed by atoms with Gasteiger partial charge in [-0.25, -0.2) is 0 Å². The second-order valence-corrected chi connectivity index (χ2v) is 6.62. The standard InChI is InChI=1S/C15H22O3/c16-13-10-11-3-4-12(9-11)14(5-1-7-17-14)15(13)6-2-8-18-15/h11-12H,1-10H2. The topological polar surface area (TPSA) is 35.5 Å². The number of hydrogen-bond donors (Lipinski definition) is 0. The second-order valence-electron chi connectivity index (χ2n) is 6.62. The number of ketones is 1. The Balaban J connectivity index is 1.83. The van der Waals surface area contributed by atoms with Crippen molar-refractivity contribution >= 4 is 5.78 Å². The molecule has 2 aliphatic carbocycles. The molecule has 0 radical (unpaired) electrons. The minimum absolute atomic E-state index is 0.258. The molecular weight excluding hydrogens is 228 g/mol. The summed E-state index contributed by atoms with van der Waals surface area (Å²) < 4.78 is 12.3. The first-order valence-electron chi connectivity index (χ1n) is 7.58. The van der Waals surface area contributed by atoms with Gasteiger partial charge in [0.15, 0.2) is 11.4 Å². The van der Waals surface area contributed by atoms with Crippen molar-refractivity contribution < 1.29 is 14.3 Å². The summed E-state index contributed by atoms with van der Waals surface area (Å²) in [4.78, 5) is 12.8. The van der Waals surface area contributed by atoms with E-state index >= 15 is 0 Å². The third kappa shape index (κ3) is 1.25. The number of fused-ring (bicyclic) bond motifs is 4. The first-order chi connectivity index (χ1) is 8.77.